The molecule has 1 heterocycles. The van der Waals surface area contributed by atoms with Gasteiger partial charge in [-0.1, -0.05) is 0 Å². The van der Waals surface area contributed by atoms with Gasteiger partial charge in [-0.05, 0) is 44.0 Å². The molecule has 0 aromatic heterocycles. The van der Waals surface area contributed by atoms with E-state index in [1.165, 1.54) is 0 Å². The molecule has 2 rings (SSSR count). The molecule has 0 aliphatic carbocycles. The van der Waals surface area contributed by atoms with Gasteiger partial charge in [0, 0.05) is 19.1 Å². The second-order valence-electron chi connectivity index (χ2n) is 5.82. The minimum absolute atomic E-state index is 0.0387. The maximum Gasteiger partial charge on any atom is 0.471 e. The Labute approximate surface area is 149 Å². The van der Waals surface area contributed by atoms with E-state index in [1.807, 2.05) is 6.92 Å². The summed E-state index contributed by atoms with van der Waals surface area (Å²) in [6.45, 7) is 2.15. The first kappa shape index (κ1) is 19.9. The van der Waals surface area contributed by atoms with Crippen LogP contribution in [0.2, 0.25) is 0 Å². The molecule has 9 heteroatoms. The van der Waals surface area contributed by atoms with E-state index in [9.17, 15) is 22.8 Å². The molecule has 1 N–H and O–H groups in total. The van der Waals surface area contributed by atoms with Crippen molar-refractivity contribution in [2.75, 3.05) is 26.3 Å². The number of carbonyl (C=O) groups is 2. The van der Waals surface area contributed by atoms with Crippen molar-refractivity contribution in [1.29, 1.82) is 0 Å². The Morgan fingerprint density at radius 1 is 1.12 bits per heavy atom. The van der Waals surface area contributed by atoms with Crippen molar-refractivity contribution in [3.05, 3.63) is 24.3 Å². The van der Waals surface area contributed by atoms with Crippen LogP contribution in [-0.2, 0) is 9.59 Å². The van der Waals surface area contributed by atoms with Gasteiger partial charge in [-0.3, -0.25) is 9.59 Å². The summed E-state index contributed by atoms with van der Waals surface area (Å²) in [5.41, 5.74) is 0. The number of benzene rings is 1. The minimum Gasteiger partial charge on any atom is -0.494 e. The normalized spacial score (nSPS) is 15.5. The van der Waals surface area contributed by atoms with Crippen molar-refractivity contribution >= 4 is 11.8 Å². The van der Waals surface area contributed by atoms with Crippen LogP contribution in [-0.4, -0.2) is 55.2 Å². The molecule has 0 bridgehead atoms. The SMILES string of the molecule is CCOc1ccc(OCC(=O)NC2CCN(C(=O)C(F)(F)F)CC2)cc1. The molecular formula is C17H21F3N2O4. The van der Waals surface area contributed by atoms with Crippen LogP contribution in [0.15, 0.2) is 24.3 Å². The summed E-state index contributed by atoms with van der Waals surface area (Å²) in [6, 6.07) is 6.54. The summed E-state index contributed by atoms with van der Waals surface area (Å²) >= 11 is 0. The van der Waals surface area contributed by atoms with Crippen molar-refractivity contribution in [2.45, 2.75) is 32.0 Å². The number of amides is 2. The average Bonchev–Trinajstić information content (AvgIpc) is 2.61. The Kier molecular flexibility index (Phi) is 6.70. The number of hydrogen-bond acceptors (Lipinski definition) is 4. The zero-order valence-corrected chi connectivity index (χ0v) is 14.3. The lowest BCUT2D eigenvalue weighted by Crippen LogP contribution is -2.50. The van der Waals surface area contributed by atoms with Crippen LogP contribution in [0.1, 0.15) is 19.8 Å². The van der Waals surface area contributed by atoms with Gasteiger partial charge in [0.1, 0.15) is 11.5 Å². The number of ether oxygens (including phenoxy) is 2. The zero-order valence-electron chi connectivity index (χ0n) is 14.3. The van der Waals surface area contributed by atoms with Crippen LogP contribution in [0, 0.1) is 0 Å². The van der Waals surface area contributed by atoms with Crippen molar-refractivity contribution in [3.8, 4) is 11.5 Å². The summed E-state index contributed by atoms with van der Waals surface area (Å²) in [5, 5.41) is 2.71. The summed E-state index contributed by atoms with van der Waals surface area (Å²) in [7, 11) is 0. The monoisotopic (exact) mass is 374 g/mol. The molecule has 26 heavy (non-hydrogen) atoms. The molecule has 1 aromatic rings. The first-order chi connectivity index (χ1) is 12.3. The number of alkyl halides is 3. The van der Waals surface area contributed by atoms with Gasteiger partial charge in [0.15, 0.2) is 6.61 Å². The Morgan fingerprint density at radius 3 is 2.15 bits per heavy atom. The van der Waals surface area contributed by atoms with Gasteiger partial charge in [-0.25, -0.2) is 0 Å². The van der Waals surface area contributed by atoms with E-state index in [1.54, 1.807) is 24.3 Å². The van der Waals surface area contributed by atoms with Gasteiger partial charge in [0.2, 0.25) is 0 Å². The van der Waals surface area contributed by atoms with Crippen molar-refractivity contribution in [1.82, 2.24) is 10.2 Å². The maximum atomic E-state index is 12.4. The van der Waals surface area contributed by atoms with Crippen LogP contribution >= 0.6 is 0 Å². The van der Waals surface area contributed by atoms with E-state index in [2.05, 4.69) is 5.32 Å². The minimum atomic E-state index is -4.86. The van der Waals surface area contributed by atoms with Crippen LogP contribution in [0.25, 0.3) is 0 Å². The number of carbonyl (C=O) groups excluding carboxylic acids is 2. The molecule has 0 atom stereocenters. The number of nitrogens with zero attached hydrogens (tertiary/aromatic N) is 1. The number of nitrogens with one attached hydrogen (secondary N) is 1. The van der Waals surface area contributed by atoms with E-state index in [0.29, 0.717) is 18.1 Å². The second-order valence-corrected chi connectivity index (χ2v) is 5.82. The molecule has 2 amide bonds. The summed E-state index contributed by atoms with van der Waals surface area (Å²) in [5.74, 6) is -0.987. The van der Waals surface area contributed by atoms with Gasteiger partial charge in [0.05, 0.1) is 6.61 Å². The topological polar surface area (TPSA) is 67.9 Å². The predicted molar refractivity (Wildman–Crippen MR) is 86.9 cm³/mol. The zero-order chi connectivity index (χ0) is 19.2. The molecule has 1 aliphatic heterocycles. The van der Waals surface area contributed by atoms with E-state index >= 15 is 0 Å². The molecular weight excluding hydrogens is 353 g/mol. The van der Waals surface area contributed by atoms with Gasteiger partial charge in [0.25, 0.3) is 5.91 Å². The quantitative estimate of drug-likeness (QED) is 0.828. The molecule has 0 unspecified atom stereocenters. The average molecular weight is 374 g/mol. The highest BCUT2D eigenvalue weighted by Crippen LogP contribution is 2.21. The lowest BCUT2D eigenvalue weighted by molar-refractivity contribution is -0.186. The highest BCUT2D eigenvalue weighted by atomic mass is 19.4. The fourth-order valence-corrected chi connectivity index (χ4v) is 2.62. The summed E-state index contributed by atoms with van der Waals surface area (Å²) in [4.78, 5) is 23.8. The fraction of sp³-hybridized carbons (Fsp3) is 0.529. The molecule has 144 valence electrons. The summed E-state index contributed by atoms with van der Waals surface area (Å²) in [6.07, 6.45) is -4.31. The number of hydrogen-bond donors (Lipinski definition) is 1. The molecule has 0 spiro atoms. The Bertz CT molecular complexity index is 611. The molecule has 1 fully saturated rings. The van der Waals surface area contributed by atoms with Crippen molar-refractivity contribution < 1.29 is 32.2 Å². The third kappa shape index (κ3) is 5.82. The Balaban J connectivity index is 1.71. The van der Waals surface area contributed by atoms with Gasteiger partial charge in [-0.2, -0.15) is 13.2 Å². The largest absolute Gasteiger partial charge is 0.494 e. The molecule has 1 aliphatic rings. The number of likely N-dealkylation sites (tertiary alicyclic amines) is 1. The highest BCUT2D eigenvalue weighted by molar-refractivity contribution is 5.82. The van der Waals surface area contributed by atoms with Gasteiger partial charge < -0.3 is 19.7 Å². The van der Waals surface area contributed by atoms with Crippen LogP contribution in [0.4, 0.5) is 13.2 Å². The Hall–Kier alpha value is -2.45. The van der Waals surface area contributed by atoms with E-state index in [0.717, 1.165) is 4.90 Å². The standard InChI is InChI=1S/C17H21F3N2O4/c1-2-25-13-3-5-14(6-4-13)26-11-15(23)21-12-7-9-22(10-8-12)16(24)17(18,19)20/h3-6,12H,2,7-11H2,1H3,(H,21,23). The smallest absolute Gasteiger partial charge is 0.471 e. The molecule has 1 saturated heterocycles. The lowest BCUT2D eigenvalue weighted by Gasteiger charge is -2.32. The second kappa shape index (κ2) is 8.77. The van der Waals surface area contributed by atoms with Crippen LogP contribution in [0.3, 0.4) is 0 Å². The first-order valence-corrected chi connectivity index (χ1v) is 8.30. The maximum absolute atomic E-state index is 12.4. The number of halogens is 3. The molecule has 6 nitrogen and oxygen atoms in total. The van der Waals surface area contributed by atoms with E-state index in [-0.39, 0.29) is 44.5 Å². The van der Waals surface area contributed by atoms with Crippen LogP contribution < -0.4 is 14.8 Å². The summed E-state index contributed by atoms with van der Waals surface area (Å²) < 4.78 is 47.8. The fourth-order valence-electron chi connectivity index (χ4n) is 2.62. The van der Waals surface area contributed by atoms with Gasteiger partial charge in [-0.15, -0.1) is 0 Å². The predicted octanol–water partition coefficient (Wildman–Crippen LogP) is 2.13. The van der Waals surface area contributed by atoms with Gasteiger partial charge >= 0.3 is 12.1 Å². The van der Waals surface area contributed by atoms with E-state index < -0.39 is 12.1 Å². The molecule has 0 radical (unpaired) electrons. The third-order valence-corrected chi connectivity index (χ3v) is 3.89. The third-order valence-electron chi connectivity index (χ3n) is 3.89. The van der Waals surface area contributed by atoms with Crippen molar-refractivity contribution in [3.63, 3.8) is 0 Å². The Morgan fingerprint density at radius 2 is 1.65 bits per heavy atom. The number of rotatable bonds is 6. The van der Waals surface area contributed by atoms with Crippen LogP contribution in [0.5, 0.6) is 11.5 Å². The van der Waals surface area contributed by atoms with E-state index in [4.69, 9.17) is 9.47 Å². The first-order valence-electron chi connectivity index (χ1n) is 8.30. The lowest BCUT2D eigenvalue weighted by atomic mass is 10.0. The molecule has 1 aromatic carbocycles. The molecule has 0 saturated carbocycles. The number of piperidine rings is 1. The highest BCUT2D eigenvalue weighted by Gasteiger charge is 2.43. The van der Waals surface area contributed by atoms with Crippen molar-refractivity contribution in [2.24, 2.45) is 0 Å².